The van der Waals surface area contributed by atoms with E-state index in [1.54, 1.807) is 0 Å². The first-order valence-electron chi connectivity index (χ1n) is 15.8. The lowest BCUT2D eigenvalue weighted by atomic mass is 10.0. The van der Waals surface area contributed by atoms with Crippen LogP contribution in [0.4, 0.5) is 11.5 Å². The summed E-state index contributed by atoms with van der Waals surface area (Å²) < 4.78 is 6.52. The molecular weight excluding hydrogens is 572 g/mol. The molecule has 2 aromatic carbocycles. The third-order valence-electron chi connectivity index (χ3n) is 9.36. The number of carbonyl (C=O) groups excluding carboxylic acids is 1. The Kier molecular flexibility index (Phi) is 9.18. The molecule has 0 spiro atoms. The number of piperazine rings is 1. The molecule has 1 aromatic heterocycles. The highest BCUT2D eigenvalue weighted by Gasteiger charge is 2.34. The van der Waals surface area contributed by atoms with E-state index in [0.717, 1.165) is 53.0 Å². The van der Waals surface area contributed by atoms with Crippen LogP contribution in [0.5, 0.6) is 11.8 Å². The van der Waals surface area contributed by atoms with E-state index in [2.05, 4.69) is 47.4 Å². The number of thioether (sulfide) groups is 1. The Morgan fingerprint density at radius 3 is 2.66 bits per heavy atom. The molecule has 3 aliphatic rings. The molecule has 1 amide bonds. The van der Waals surface area contributed by atoms with Gasteiger partial charge in [-0.2, -0.15) is 21.7 Å². The van der Waals surface area contributed by atoms with E-state index in [4.69, 9.17) is 14.7 Å². The average Bonchev–Trinajstić information content (AvgIpc) is 3.05. The fourth-order valence-corrected chi connectivity index (χ4v) is 8.00. The van der Waals surface area contributed by atoms with Gasteiger partial charge >= 0.3 is 6.01 Å². The molecule has 0 aliphatic carbocycles. The summed E-state index contributed by atoms with van der Waals surface area (Å²) in [6.07, 6.45) is 6.76. The number of ether oxygens (including phenoxy) is 1. The van der Waals surface area contributed by atoms with Crippen molar-refractivity contribution in [1.29, 1.82) is 0 Å². The monoisotopic (exact) mass is 616 g/mol. The maximum absolute atomic E-state index is 12.3. The number of hydrogen-bond donors (Lipinski definition) is 1. The summed E-state index contributed by atoms with van der Waals surface area (Å²) in [5, 5.41) is 13.2. The molecule has 3 aromatic rings. The maximum atomic E-state index is 12.3. The highest BCUT2D eigenvalue weighted by atomic mass is 32.2. The van der Waals surface area contributed by atoms with Crippen molar-refractivity contribution >= 4 is 39.9 Å². The molecule has 9 nitrogen and oxygen atoms in total. The number of anilines is 2. The van der Waals surface area contributed by atoms with Crippen LogP contribution in [0.1, 0.15) is 37.9 Å². The highest BCUT2D eigenvalue weighted by molar-refractivity contribution is 7.99. The van der Waals surface area contributed by atoms with Gasteiger partial charge < -0.3 is 24.5 Å². The number of phenolic OH excluding ortho intramolecular Hbond substituents is 1. The van der Waals surface area contributed by atoms with Crippen molar-refractivity contribution in [2.24, 2.45) is 0 Å². The molecule has 2 saturated heterocycles. The third kappa shape index (κ3) is 6.19. The van der Waals surface area contributed by atoms with Gasteiger partial charge in [-0.15, -0.1) is 0 Å². The Morgan fingerprint density at radius 2 is 1.91 bits per heavy atom. The Bertz CT molecular complexity index is 1510. The lowest BCUT2D eigenvalue weighted by molar-refractivity contribution is -0.126. The zero-order chi connectivity index (χ0) is 30.8. The molecule has 3 aliphatic heterocycles. The summed E-state index contributed by atoms with van der Waals surface area (Å²) in [7, 11) is 0. The molecule has 4 heterocycles. The van der Waals surface area contributed by atoms with Crippen molar-refractivity contribution in [2.75, 3.05) is 61.9 Å². The van der Waals surface area contributed by atoms with E-state index in [1.807, 2.05) is 47.0 Å². The van der Waals surface area contributed by atoms with Crippen molar-refractivity contribution in [3.63, 3.8) is 0 Å². The number of aromatic hydroxyl groups is 1. The zero-order valence-corrected chi connectivity index (χ0v) is 26.9. The Labute approximate surface area is 264 Å². The topological polar surface area (TPSA) is 85.3 Å². The van der Waals surface area contributed by atoms with Gasteiger partial charge in [-0.05, 0) is 63.4 Å². The standard InChI is InChI=1S/C34H44N6O3S/c1-5-32(42)37-15-17-38(18-16-37)33-27-12-14-39(29-20-25(41)19-24-9-6-7-10-26(24)29)21-28(27)35-34(36-33)43-22-30-31(44-4)11-8-13-40(30)23(2)3/h5-7,9-10,19-20,23,30-31,41H,1,8,11-18,21-22H2,2-4H3/t30-,31?/m1/s1. The molecule has 6 rings (SSSR count). The van der Waals surface area contributed by atoms with Gasteiger partial charge in [0.05, 0.1) is 18.3 Å². The quantitative estimate of drug-likeness (QED) is 0.362. The smallest absolute Gasteiger partial charge is 0.318 e. The van der Waals surface area contributed by atoms with Gasteiger partial charge in [-0.3, -0.25) is 9.69 Å². The van der Waals surface area contributed by atoms with Crippen LogP contribution in [0.2, 0.25) is 0 Å². The molecule has 44 heavy (non-hydrogen) atoms. The molecule has 2 atom stereocenters. The summed E-state index contributed by atoms with van der Waals surface area (Å²) in [5.41, 5.74) is 3.10. The molecule has 1 N–H and O–H groups in total. The minimum atomic E-state index is -0.0297. The van der Waals surface area contributed by atoms with Crippen LogP contribution < -0.4 is 14.5 Å². The second kappa shape index (κ2) is 13.2. The molecule has 234 valence electrons. The number of nitrogens with zero attached hydrogens (tertiary/aromatic N) is 6. The van der Waals surface area contributed by atoms with Gasteiger partial charge in [0, 0.05) is 66.7 Å². The summed E-state index contributed by atoms with van der Waals surface area (Å²) in [6.45, 7) is 13.8. The number of fused-ring (bicyclic) bond motifs is 2. The molecular formula is C34H44N6O3S. The van der Waals surface area contributed by atoms with E-state index < -0.39 is 0 Å². The van der Waals surface area contributed by atoms with Crippen LogP contribution >= 0.6 is 11.8 Å². The minimum Gasteiger partial charge on any atom is -0.508 e. The summed E-state index contributed by atoms with van der Waals surface area (Å²) in [5.74, 6) is 1.15. The van der Waals surface area contributed by atoms with E-state index in [9.17, 15) is 9.90 Å². The van der Waals surface area contributed by atoms with E-state index >= 15 is 0 Å². The number of rotatable bonds is 8. The normalized spacial score (nSPS) is 21.0. The van der Waals surface area contributed by atoms with Crippen molar-refractivity contribution in [3.8, 4) is 11.8 Å². The number of benzene rings is 2. The second-order valence-corrected chi connectivity index (χ2v) is 13.3. The van der Waals surface area contributed by atoms with Crippen LogP contribution in [0, 0.1) is 0 Å². The predicted molar refractivity (Wildman–Crippen MR) is 179 cm³/mol. The zero-order valence-electron chi connectivity index (χ0n) is 26.1. The summed E-state index contributed by atoms with van der Waals surface area (Å²) in [4.78, 5) is 31.3. The van der Waals surface area contributed by atoms with Crippen molar-refractivity contribution in [2.45, 2.75) is 57.0 Å². The van der Waals surface area contributed by atoms with Crippen molar-refractivity contribution in [3.05, 3.63) is 60.3 Å². The molecule has 0 saturated carbocycles. The van der Waals surface area contributed by atoms with Crippen LogP contribution in [-0.2, 0) is 17.8 Å². The lowest BCUT2D eigenvalue weighted by Crippen LogP contribution is -2.53. The first-order valence-corrected chi connectivity index (χ1v) is 17.1. The number of amides is 1. The van der Waals surface area contributed by atoms with E-state index in [1.165, 1.54) is 18.9 Å². The SMILES string of the molecule is C=CC(=O)N1CCN(c2nc(OC[C@@H]3C(SC)CCCN3C(C)C)nc3c2CCN(c2cc(O)cc4ccccc24)C3)CC1. The summed E-state index contributed by atoms with van der Waals surface area (Å²) in [6, 6.07) is 13.0. The van der Waals surface area contributed by atoms with Gasteiger partial charge in [-0.25, -0.2) is 0 Å². The highest BCUT2D eigenvalue weighted by Crippen LogP contribution is 2.37. The lowest BCUT2D eigenvalue weighted by Gasteiger charge is -2.42. The molecule has 0 radical (unpaired) electrons. The Balaban J connectivity index is 1.32. The van der Waals surface area contributed by atoms with Crippen molar-refractivity contribution in [1.82, 2.24) is 19.8 Å². The first kappa shape index (κ1) is 30.5. The number of carbonyl (C=O) groups is 1. The van der Waals surface area contributed by atoms with Crippen LogP contribution in [0.3, 0.4) is 0 Å². The van der Waals surface area contributed by atoms with Crippen LogP contribution in [0.25, 0.3) is 10.8 Å². The second-order valence-electron chi connectivity index (χ2n) is 12.3. The largest absolute Gasteiger partial charge is 0.508 e. The first-order chi connectivity index (χ1) is 21.4. The van der Waals surface area contributed by atoms with Gasteiger partial charge in [0.2, 0.25) is 5.91 Å². The molecule has 1 unspecified atom stereocenters. The Morgan fingerprint density at radius 1 is 1.11 bits per heavy atom. The van der Waals surface area contributed by atoms with Gasteiger partial charge in [0.15, 0.2) is 0 Å². The number of piperidine rings is 1. The minimum absolute atomic E-state index is 0.0297. The van der Waals surface area contributed by atoms with Crippen molar-refractivity contribution < 1.29 is 14.6 Å². The maximum Gasteiger partial charge on any atom is 0.318 e. The third-order valence-corrected chi connectivity index (χ3v) is 10.5. The fraction of sp³-hybridized carbons (Fsp3) is 0.500. The fourth-order valence-electron chi connectivity index (χ4n) is 7.05. The van der Waals surface area contributed by atoms with E-state index in [-0.39, 0.29) is 11.7 Å². The molecule has 2 fully saturated rings. The number of likely N-dealkylation sites (tertiary alicyclic amines) is 1. The molecule has 10 heteroatoms. The van der Waals surface area contributed by atoms with Gasteiger partial charge in [0.25, 0.3) is 0 Å². The van der Waals surface area contributed by atoms with Crippen LogP contribution in [-0.4, -0.2) is 100 Å². The number of phenols is 1. The average molecular weight is 617 g/mol. The predicted octanol–water partition coefficient (Wildman–Crippen LogP) is 4.72. The van der Waals surface area contributed by atoms with Gasteiger partial charge in [-0.1, -0.05) is 30.8 Å². The van der Waals surface area contributed by atoms with Gasteiger partial charge in [0.1, 0.15) is 18.2 Å². The Hall–Kier alpha value is -3.50. The summed E-state index contributed by atoms with van der Waals surface area (Å²) >= 11 is 1.93. The molecule has 0 bridgehead atoms. The number of aromatic nitrogens is 2. The van der Waals surface area contributed by atoms with E-state index in [0.29, 0.717) is 62.7 Å². The van der Waals surface area contributed by atoms with Crippen LogP contribution in [0.15, 0.2) is 49.1 Å². The number of hydrogen-bond acceptors (Lipinski definition) is 9.